The van der Waals surface area contributed by atoms with Crippen LogP contribution in [0.4, 0.5) is 0 Å². The van der Waals surface area contributed by atoms with Crippen LogP contribution in [0.2, 0.25) is 5.02 Å². The Labute approximate surface area is 167 Å². The van der Waals surface area contributed by atoms with Gasteiger partial charge in [-0.15, -0.1) is 23.5 Å². The predicted octanol–water partition coefficient (Wildman–Crippen LogP) is 5.51. The third kappa shape index (κ3) is 6.71. The number of halogens is 1. The van der Waals surface area contributed by atoms with Crippen LogP contribution in [-0.4, -0.2) is 29.9 Å². The quantitative estimate of drug-likeness (QED) is 0.322. The number of ether oxygens (including phenoxy) is 1. The van der Waals surface area contributed by atoms with Crippen LogP contribution in [0.15, 0.2) is 52.3 Å². The first kappa shape index (κ1) is 20.9. The second kappa shape index (κ2) is 11.3. The molecule has 1 aromatic rings. The zero-order valence-electron chi connectivity index (χ0n) is 14.6. The van der Waals surface area contributed by atoms with Crippen molar-refractivity contribution in [3.05, 3.63) is 62.9 Å². The van der Waals surface area contributed by atoms with Crippen molar-refractivity contribution in [3.8, 4) is 0 Å². The van der Waals surface area contributed by atoms with Gasteiger partial charge in [0.1, 0.15) is 0 Å². The third-order valence-corrected chi connectivity index (χ3v) is 6.57. The SMILES string of the molecule is CCCCOC(=O)/C=C/C(C(=O)/C=C/c1ccccc1Cl)=C1SCCS1. The number of hydrogen-bond acceptors (Lipinski definition) is 5. The monoisotopic (exact) mass is 408 g/mol. The van der Waals surface area contributed by atoms with Gasteiger partial charge in [-0.2, -0.15) is 0 Å². The number of ketones is 1. The number of allylic oxidation sites excluding steroid dienone is 3. The summed E-state index contributed by atoms with van der Waals surface area (Å²) in [6.45, 7) is 2.43. The number of rotatable bonds is 8. The molecule has 0 aliphatic carbocycles. The molecule has 0 bridgehead atoms. The predicted molar refractivity (Wildman–Crippen MR) is 112 cm³/mol. The summed E-state index contributed by atoms with van der Waals surface area (Å²) in [7, 11) is 0. The normalized spacial score (nSPS) is 14.3. The number of carbonyl (C=O) groups is 2. The largest absolute Gasteiger partial charge is 0.463 e. The molecule has 0 aromatic heterocycles. The summed E-state index contributed by atoms with van der Waals surface area (Å²) in [6.07, 6.45) is 7.88. The summed E-state index contributed by atoms with van der Waals surface area (Å²) in [5, 5.41) is 0.588. The van der Waals surface area contributed by atoms with Gasteiger partial charge in [0.05, 0.1) is 10.8 Å². The summed E-state index contributed by atoms with van der Waals surface area (Å²) in [4.78, 5) is 24.5. The van der Waals surface area contributed by atoms with E-state index in [9.17, 15) is 9.59 Å². The number of unbranched alkanes of at least 4 members (excludes halogenated alkanes) is 1. The lowest BCUT2D eigenvalue weighted by Gasteiger charge is -2.03. The van der Waals surface area contributed by atoms with Crippen LogP contribution in [0.5, 0.6) is 0 Å². The standard InChI is InChI=1S/C20H21ClO3S2/c1-2-3-12-24-19(23)11-9-16(20-25-13-14-26-20)18(22)10-8-15-6-4-5-7-17(15)21/h4-11H,2-3,12-14H2,1H3/b10-8+,11-9+. The highest BCUT2D eigenvalue weighted by Gasteiger charge is 2.17. The van der Waals surface area contributed by atoms with Crippen molar-refractivity contribution in [3.63, 3.8) is 0 Å². The Morgan fingerprint density at radius 3 is 2.58 bits per heavy atom. The molecule has 26 heavy (non-hydrogen) atoms. The second-order valence-electron chi connectivity index (χ2n) is 5.47. The smallest absolute Gasteiger partial charge is 0.330 e. The Morgan fingerprint density at radius 1 is 1.15 bits per heavy atom. The van der Waals surface area contributed by atoms with Crippen LogP contribution in [0.25, 0.3) is 6.08 Å². The van der Waals surface area contributed by atoms with Crippen LogP contribution in [0, 0.1) is 0 Å². The van der Waals surface area contributed by atoms with Gasteiger partial charge in [-0.25, -0.2) is 4.79 Å². The Kier molecular flexibility index (Phi) is 9.09. The average Bonchev–Trinajstić information content (AvgIpc) is 3.16. The van der Waals surface area contributed by atoms with E-state index in [1.54, 1.807) is 41.7 Å². The zero-order chi connectivity index (χ0) is 18.8. The number of hydrogen-bond donors (Lipinski definition) is 0. The lowest BCUT2D eigenvalue weighted by molar-refractivity contribution is -0.137. The highest BCUT2D eigenvalue weighted by Crippen LogP contribution is 2.39. The molecule has 138 valence electrons. The molecule has 0 radical (unpaired) electrons. The molecule has 3 nitrogen and oxygen atoms in total. The van der Waals surface area contributed by atoms with Gasteiger partial charge in [-0.3, -0.25) is 4.79 Å². The molecule has 0 unspecified atom stereocenters. The van der Waals surface area contributed by atoms with Crippen LogP contribution >= 0.6 is 35.1 Å². The van der Waals surface area contributed by atoms with E-state index in [2.05, 4.69) is 0 Å². The van der Waals surface area contributed by atoms with E-state index in [0.29, 0.717) is 17.2 Å². The Hall–Kier alpha value is -1.43. The Morgan fingerprint density at radius 2 is 1.88 bits per heavy atom. The molecule has 1 fully saturated rings. The molecule has 0 atom stereocenters. The first-order chi connectivity index (χ1) is 12.6. The summed E-state index contributed by atoms with van der Waals surface area (Å²) in [6, 6.07) is 7.33. The van der Waals surface area contributed by atoms with Crippen molar-refractivity contribution in [2.24, 2.45) is 0 Å². The van der Waals surface area contributed by atoms with Gasteiger partial charge >= 0.3 is 5.97 Å². The summed E-state index contributed by atoms with van der Waals surface area (Å²) in [5.41, 5.74) is 1.30. The molecule has 1 aliphatic rings. The number of thioether (sulfide) groups is 2. The fraction of sp³-hybridized carbons (Fsp3) is 0.300. The molecule has 0 amide bonds. The van der Waals surface area contributed by atoms with E-state index in [4.69, 9.17) is 16.3 Å². The molecular formula is C20H21ClO3S2. The van der Waals surface area contributed by atoms with E-state index in [1.165, 1.54) is 12.2 Å². The van der Waals surface area contributed by atoms with Crippen molar-refractivity contribution < 1.29 is 14.3 Å². The topological polar surface area (TPSA) is 43.4 Å². The van der Waals surface area contributed by atoms with Gasteiger partial charge < -0.3 is 4.74 Å². The van der Waals surface area contributed by atoms with Crippen molar-refractivity contribution in [2.75, 3.05) is 18.1 Å². The summed E-state index contributed by atoms with van der Waals surface area (Å²) >= 11 is 9.39. The molecule has 0 saturated carbocycles. The van der Waals surface area contributed by atoms with E-state index in [0.717, 1.165) is 34.1 Å². The minimum absolute atomic E-state index is 0.153. The number of esters is 1. The minimum Gasteiger partial charge on any atom is -0.463 e. The molecule has 1 aromatic carbocycles. The van der Waals surface area contributed by atoms with Crippen LogP contribution in [0.1, 0.15) is 25.3 Å². The first-order valence-corrected chi connectivity index (χ1v) is 10.8. The molecular weight excluding hydrogens is 388 g/mol. The maximum absolute atomic E-state index is 12.7. The molecule has 1 heterocycles. The molecule has 6 heteroatoms. The van der Waals surface area contributed by atoms with Gasteiger partial charge in [-0.05, 0) is 36.3 Å². The molecule has 1 aliphatic heterocycles. The Bertz CT molecular complexity index is 730. The van der Waals surface area contributed by atoms with Crippen LogP contribution < -0.4 is 0 Å². The summed E-state index contributed by atoms with van der Waals surface area (Å²) in [5.74, 6) is 1.34. The number of carbonyl (C=O) groups excluding carboxylic acids is 2. The highest BCUT2D eigenvalue weighted by molar-refractivity contribution is 8.25. The van der Waals surface area contributed by atoms with E-state index < -0.39 is 5.97 Å². The zero-order valence-corrected chi connectivity index (χ0v) is 17.0. The molecule has 0 N–H and O–H groups in total. The van der Waals surface area contributed by atoms with Crippen molar-refractivity contribution in [2.45, 2.75) is 19.8 Å². The van der Waals surface area contributed by atoms with Gasteiger partial charge in [0.25, 0.3) is 0 Å². The molecule has 1 saturated heterocycles. The lowest BCUT2D eigenvalue weighted by Crippen LogP contribution is -2.03. The summed E-state index contributed by atoms with van der Waals surface area (Å²) < 4.78 is 6.05. The Balaban J connectivity index is 2.12. The second-order valence-corrected chi connectivity index (χ2v) is 8.35. The van der Waals surface area contributed by atoms with Crippen molar-refractivity contribution >= 4 is 53.0 Å². The molecule has 0 spiro atoms. The van der Waals surface area contributed by atoms with Gasteiger partial charge in [0.15, 0.2) is 5.78 Å². The van der Waals surface area contributed by atoms with Crippen LogP contribution in [-0.2, 0) is 14.3 Å². The van der Waals surface area contributed by atoms with Crippen LogP contribution in [0.3, 0.4) is 0 Å². The average molecular weight is 409 g/mol. The third-order valence-electron chi connectivity index (χ3n) is 3.48. The lowest BCUT2D eigenvalue weighted by atomic mass is 10.1. The van der Waals surface area contributed by atoms with Crippen molar-refractivity contribution in [1.82, 2.24) is 0 Å². The fourth-order valence-electron chi connectivity index (χ4n) is 2.10. The molecule has 2 rings (SSSR count). The van der Waals surface area contributed by atoms with Crippen molar-refractivity contribution in [1.29, 1.82) is 0 Å². The highest BCUT2D eigenvalue weighted by atomic mass is 35.5. The van der Waals surface area contributed by atoms with Gasteiger partial charge in [-0.1, -0.05) is 43.1 Å². The maximum Gasteiger partial charge on any atom is 0.330 e. The first-order valence-electron chi connectivity index (χ1n) is 8.43. The van der Waals surface area contributed by atoms with Gasteiger partial charge in [0.2, 0.25) is 0 Å². The van der Waals surface area contributed by atoms with E-state index >= 15 is 0 Å². The number of benzene rings is 1. The maximum atomic E-state index is 12.7. The van der Waals surface area contributed by atoms with E-state index in [1.807, 2.05) is 25.1 Å². The fourth-order valence-corrected chi connectivity index (χ4v) is 4.82. The minimum atomic E-state index is -0.424. The van der Waals surface area contributed by atoms with Gasteiger partial charge in [0, 0.05) is 28.2 Å². The van der Waals surface area contributed by atoms with E-state index in [-0.39, 0.29) is 5.78 Å².